The topological polar surface area (TPSA) is 24.5 Å². The minimum atomic E-state index is 0.499. The standard InChI is InChI=1S/C14H28N2O/c1-3-16(11-14-5-4-8-17-14)10-12(2)9-15-13-6-7-13/h12-15H,3-11H2,1-2H3. The highest BCUT2D eigenvalue weighted by Gasteiger charge is 2.22. The molecule has 0 radical (unpaired) electrons. The SMILES string of the molecule is CCN(CC(C)CNC1CC1)CC1CCCO1. The summed E-state index contributed by atoms with van der Waals surface area (Å²) in [5.74, 6) is 0.747. The summed E-state index contributed by atoms with van der Waals surface area (Å²) < 4.78 is 5.72. The third-order valence-corrected chi connectivity index (χ3v) is 3.84. The average Bonchev–Trinajstić information content (AvgIpc) is 3.02. The van der Waals surface area contributed by atoms with Crippen LogP contribution in [0.5, 0.6) is 0 Å². The number of nitrogens with one attached hydrogen (secondary N) is 1. The van der Waals surface area contributed by atoms with Gasteiger partial charge in [-0.2, -0.15) is 0 Å². The van der Waals surface area contributed by atoms with Crippen molar-refractivity contribution >= 4 is 0 Å². The van der Waals surface area contributed by atoms with Crippen molar-refractivity contribution < 1.29 is 4.74 Å². The quantitative estimate of drug-likeness (QED) is 0.701. The smallest absolute Gasteiger partial charge is 0.0702 e. The molecule has 2 fully saturated rings. The molecule has 0 amide bonds. The Morgan fingerprint density at radius 3 is 2.76 bits per heavy atom. The number of likely N-dealkylation sites (N-methyl/N-ethyl adjacent to an activating group) is 1. The average molecular weight is 240 g/mol. The lowest BCUT2D eigenvalue weighted by atomic mass is 10.1. The van der Waals surface area contributed by atoms with E-state index in [0.29, 0.717) is 6.10 Å². The van der Waals surface area contributed by atoms with Gasteiger partial charge in [0.2, 0.25) is 0 Å². The van der Waals surface area contributed by atoms with Crippen LogP contribution in [0.25, 0.3) is 0 Å². The molecule has 0 spiro atoms. The largest absolute Gasteiger partial charge is 0.377 e. The second-order valence-electron chi connectivity index (χ2n) is 5.77. The van der Waals surface area contributed by atoms with E-state index in [-0.39, 0.29) is 0 Å². The molecule has 1 aliphatic carbocycles. The van der Waals surface area contributed by atoms with Gasteiger partial charge in [-0.3, -0.25) is 0 Å². The molecule has 1 heterocycles. The van der Waals surface area contributed by atoms with Crippen molar-refractivity contribution in [3.05, 3.63) is 0 Å². The summed E-state index contributed by atoms with van der Waals surface area (Å²) in [5, 5.41) is 3.62. The molecule has 0 aromatic carbocycles. The summed E-state index contributed by atoms with van der Waals surface area (Å²) >= 11 is 0. The minimum absolute atomic E-state index is 0.499. The van der Waals surface area contributed by atoms with E-state index in [4.69, 9.17) is 4.74 Å². The van der Waals surface area contributed by atoms with E-state index in [9.17, 15) is 0 Å². The Balaban J connectivity index is 1.61. The van der Waals surface area contributed by atoms with Gasteiger partial charge in [-0.25, -0.2) is 0 Å². The fourth-order valence-corrected chi connectivity index (χ4v) is 2.57. The number of hydrogen-bond donors (Lipinski definition) is 1. The first kappa shape index (κ1) is 13.3. The Labute approximate surface area is 106 Å². The van der Waals surface area contributed by atoms with Gasteiger partial charge >= 0.3 is 0 Å². The number of ether oxygens (including phenoxy) is 1. The van der Waals surface area contributed by atoms with Gasteiger partial charge < -0.3 is 15.0 Å². The van der Waals surface area contributed by atoms with Crippen molar-refractivity contribution in [2.24, 2.45) is 5.92 Å². The number of nitrogens with zero attached hydrogens (tertiary/aromatic N) is 1. The summed E-state index contributed by atoms with van der Waals surface area (Å²) in [5.41, 5.74) is 0. The molecule has 2 rings (SSSR count). The second-order valence-corrected chi connectivity index (χ2v) is 5.77. The van der Waals surface area contributed by atoms with Crippen molar-refractivity contribution in [1.29, 1.82) is 0 Å². The number of rotatable bonds is 8. The van der Waals surface area contributed by atoms with E-state index in [2.05, 4.69) is 24.1 Å². The predicted octanol–water partition coefficient (Wildman–Crippen LogP) is 1.88. The van der Waals surface area contributed by atoms with Gasteiger partial charge in [-0.15, -0.1) is 0 Å². The van der Waals surface area contributed by atoms with Gasteiger partial charge in [-0.1, -0.05) is 13.8 Å². The van der Waals surface area contributed by atoms with Crippen LogP contribution in [0.1, 0.15) is 39.5 Å². The van der Waals surface area contributed by atoms with Crippen LogP contribution >= 0.6 is 0 Å². The molecule has 1 saturated heterocycles. The fraction of sp³-hybridized carbons (Fsp3) is 1.00. The van der Waals surface area contributed by atoms with Gasteiger partial charge in [0.1, 0.15) is 0 Å². The molecule has 0 aromatic rings. The summed E-state index contributed by atoms with van der Waals surface area (Å²) in [6.45, 7) is 10.2. The molecule has 2 unspecified atom stereocenters. The zero-order chi connectivity index (χ0) is 12.1. The summed E-state index contributed by atoms with van der Waals surface area (Å²) in [6.07, 6.45) is 5.78. The Morgan fingerprint density at radius 2 is 2.18 bits per heavy atom. The van der Waals surface area contributed by atoms with Crippen molar-refractivity contribution in [3.63, 3.8) is 0 Å². The normalized spacial score (nSPS) is 26.6. The van der Waals surface area contributed by atoms with Gasteiger partial charge in [0, 0.05) is 25.7 Å². The zero-order valence-electron chi connectivity index (χ0n) is 11.5. The van der Waals surface area contributed by atoms with E-state index in [1.165, 1.54) is 38.8 Å². The maximum atomic E-state index is 5.72. The molecule has 0 aromatic heterocycles. The van der Waals surface area contributed by atoms with Crippen LogP contribution in [0.3, 0.4) is 0 Å². The van der Waals surface area contributed by atoms with Crippen LogP contribution in [0.2, 0.25) is 0 Å². The molecule has 2 aliphatic rings. The highest BCUT2D eigenvalue weighted by atomic mass is 16.5. The van der Waals surface area contributed by atoms with Crippen molar-refractivity contribution in [1.82, 2.24) is 10.2 Å². The van der Waals surface area contributed by atoms with Crippen molar-refractivity contribution in [3.8, 4) is 0 Å². The van der Waals surface area contributed by atoms with E-state index >= 15 is 0 Å². The summed E-state index contributed by atoms with van der Waals surface area (Å²) in [4.78, 5) is 2.55. The first-order chi connectivity index (χ1) is 8.28. The monoisotopic (exact) mass is 240 g/mol. The van der Waals surface area contributed by atoms with E-state index in [1.54, 1.807) is 0 Å². The van der Waals surface area contributed by atoms with Crippen molar-refractivity contribution in [2.75, 3.05) is 32.8 Å². The fourth-order valence-electron chi connectivity index (χ4n) is 2.57. The maximum absolute atomic E-state index is 5.72. The molecule has 1 N–H and O–H groups in total. The molecule has 1 aliphatic heterocycles. The van der Waals surface area contributed by atoms with Crippen LogP contribution in [-0.4, -0.2) is 49.8 Å². The van der Waals surface area contributed by atoms with E-state index in [1.807, 2.05) is 0 Å². The minimum Gasteiger partial charge on any atom is -0.377 e. The number of hydrogen-bond acceptors (Lipinski definition) is 3. The van der Waals surface area contributed by atoms with Crippen LogP contribution in [0, 0.1) is 5.92 Å². The molecule has 17 heavy (non-hydrogen) atoms. The van der Waals surface area contributed by atoms with E-state index in [0.717, 1.165) is 31.7 Å². The molecule has 100 valence electrons. The lowest BCUT2D eigenvalue weighted by Gasteiger charge is -2.26. The molecule has 2 atom stereocenters. The Bertz CT molecular complexity index is 212. The van der Waals surface area contributed by atoms with Crippen LogP contribution in [0.4, 0.5) is 0 Å². The van der Waals surface area contributed by atoms with Crippen LogP contribution in [0.15, 0.2) is 0 Å². The lowest BCUT2D eigenvalue weighted by molar-refractivity contribution is 0.0702. The van der Waals surface area contributed by atoms with E-state index < -0.39 is 0 Å². The molecular formula is C14H28N2O. The third kappa shape index (κ3) is 4.94. The summed E-state index contributed by atoms with van der Waals surface area (Å²) in [7, 11) is 0. The highest BCUT2D eigenvalue weighted by molar-refractivity contribution is 4.82. The van der Waals surface area contributed by atoms with Crippen LogP contribution in [-0.2, 0) is 4.74 Å². The Hall–Kier alpha value is -0.120. The Kier molecular flexibility index (Phi) is 5.26. The first-order valence-electron chi connectivity index (χ1n) is 7.35. The molecule has 0 bridgehead atoms. The Morgan fingerprint density at radius 1 is 1.35 bits per heavy atom. The molecular weight excluding hydrogens is 212 g/mol. The summed E-state index contributed by atoms with van der Waals surface area (Å²) in [6, 6.07) is 0.839. The zero-order valence-corrected chi connectivity index (χ0v) is 11.5. The first-order valence-corrected chi connectivity index (χ1v) is 7.35. The van der Waals surface area contributed by atoms with Crippen molar-refractivity contribution in [2.45, 2.75) is 51.7 Å². The van der Waals surface area contributed by atoms with Crippen LogP contribution < -0.4 is 5.32 Å². The van der Waals surface area contributed by atoms with Gasteiger partial charge in [-0.05, 0) is 44.7 Å². The molecule has 1 saturated carbocycles. The second kappa shape index (κ2) is 6.72. The maximum Gasteiger partial charge on any atom is 0.0702 e. The van der Waals surface area contributed by atoms with Gasteiger partial charge in [0.05, 0.1) is 6.10 Å². The van der Waals surface area contributed by atoms with Gasteiger partial charge in [0.25, 0.3) is 0 Å². The highest BCUT2D eigenvalue weighted by Crippen LogP contribution is 2.19. The third-order valence-electron chi connectivity index (χ3n) is 3.84. The molecule has 3 heteroatoms. The lowest BCUT2D eigenvalue weighted by Crippen LogP contribution is -2.38. The predicted molar refractivity (Wildman–Crippen MR) is 71.3 cm³/mol. The van der Waals surface area contributed by atoms with Gasteiger partial charge in [0.15, 0.2) is 0 Å². The molecule has 3 nitrogen and oxygen atoms in total.